The molecule has 0 aliphatic rings. The third kappa shape index (κ3) is 6.58. The summed E-state index contributed by atoms with van der Waals surface area (Å²) in [5.41, 5.74) is -0.576. The molecule has 0 saturated heterocycles. The fraction of sp³-hybridized carbons (Fsp3) is 0.300. The van der Waals surface area contributed by atoms with Gasteiger partial charge in [0.05, 0.1) is 30.0 Å². The number of alkyl halides is 3. The van der Waals surface area contributed by atoms with Gasteiger partial charge in [-0.15, -0.1) is 0 Å². The molecule has 0 aliphatic heterocycles. The first-order valence-electron chi connectivity index (χ1n) is 8.71. The Morgan fingerprint density at radius 2 is 1.76 bits per heavy atom. The standard InChI is InChI=1S/C20H21F3N2O4/c1-13(29-11-10-28-2)18(26)25-17-9-4-3-8-16(17)19(27)24-15-7-5-6-14(12-15)20(21,22)23/h3-9,12-13H,10-11H2,1-2H3,(H,24,27)(H,25,26). The summed E-state index contributed by atoms with van der Waals surface area (Å²) >= 11 is 0. The second-order valence-corrected chi connectivity index (χ2v) is 6.07. The van der Waals surface area contributed by atoms with Crippen molar-refractivity contribution in [2.45, 2.75) is 19.2 Å². The van der Waals surface area contributed by atoms with Gasteiger partial charge in [0.15, 0.2) is 0 Å². The quantitative estimate of drug-likeness (QED) is 0.646. The van der Waals surface area contributed by atoms with Crippen molar-refractivity contribution in [1.29, 1.82) is 0 Å². The Morgan fingerprint density at radius 3 is 2.45 bits per heavy atom. The number of benzene rings is 2. The molecule has 1 atom stereocenters. The van der Waals surface area contributed by atoms with Crippen LogP contribution in [0.3, 0.4) is 0 Å². The Hall–Kier alpha value is -2.91. The number of carbonyl (C=O) groups is 2. The highest BCUT2D eigenvalue weighted by Gasteiger charge is 2.30. The van der Waals surface area contributed by atoms with E-state index in [9.17, 15) is 22.8 Å². The molecule has 0 aromatic heterocycles. The van der Waals surface area contributed by atoms with E-state index < -0.39 is 29.7 Å². The van der Waals surface area contributed by atoms with Crippen molar-refractivity contribution in [3.63, 3.8) is 0 Å². The first-order chi connectivity index (χ1) is 13.7. The van der Waals surface area contributed by atoms with Crippen molar-refractivity contribution in [3.8, 4) is 0 Å². The number of rotatable bonds is 8. The smallest absolute Gasteiger partial charge is 0.382 e. The third-order valence-corrected chi connectivity index (χ3v) is 3.90. The van der Waals surface area contributed by atoms with E-state index in [0.29, 0.717) is 6.61 Å². The molecule has 156 valence electrons. The molecule has 29 heavy (non-hydrogen) atoms. The van der Waals surface area contributed by atoms with Gasteiger partial charge in [0, 0.05) is 12.8 Å². The number of carbonyl (C=O) groups excluding carboxylic acids is 2. The van der Waals surface area contributed by atoms with Gasteiger partial charge in [-0.1, -0.05) is 18.2 Å². The number of nitrogens with one attached hydrogen (secondary N) is 2. The predicted molar refractivity (Wildman–Crippen MR) is 102 cm³/mol. The first-order valence-corrected chi connectivity index (χ1v) is 8.71. The number of hydrogen-bond donors (Lipinski definition) is 2. The van der Waals surface area contributed by atoms with E-state index in [1.807, 2.05) is 0 Å². The lowest BCUT2D eigenvalue weighted by molar-refractivity contribution is -0.137. The Morgan fingerprint density at radius 1 is 1.03 bits per heavy atom. The zero-order chi connectivity index (χ0) is 21.4. The fourth-order valence-corrected chi connectivity index (χ4v) is 2.38. The van der Waals surface area contributed by atoms with Gasteiger partial charge in [0.25, 0.3) is 11.8 Å². The van der Waals surface area contributed by atoms with E-state index >= 15 is 0 Å². The van der Waals surface area contributed by atoms with Crippen molar-refractivity contribution in [2.24, 2.45) is 0 Å². The molecule has 1 unspecified atom stereocenters. The van der Waals surface area contributed by atoms with Gasteiger partial charge in [-0.3, -0.25) is 9.59 Å². The number of ether oxygens (including phenoxy) is 2. The molecule has 0 heterocycles. The van der Waals surface area contributed by atoms with Crippen molar-refractivity contribution >= 4 is 23.2 Å². The Labute approximate surface area is 166 Å². The average molecular weight is 410 g/mol. The highest BCUT2D eigenvalue weighted by atomic mass is 19.4. The molecule has 2 rings (SSSR count). The Bertz CT molecular complexity index is 856. The summed E-state index contributed by atoms with van der Waals surface area (Å²) in [5, 5.41) is 5.01. The van der Waals surface area contributed by atoms with E-state index in [1.54, 1.807) is 19.1 Å². The van der Waals surface area contributed by atoms with E-state index in [4.69, 9.17) is 9.47 Å². The molecule has 2 amide bonds. The SMILES string of the molecule is COCCOC(C)C(=O)Nc1ccccc1C(=O)Nc1cccc(C(F)(F)F)c1. The molecule has 0 fully saturated rings. The van der Waals surface area contributed by atoms with Crippen molar-refractivity contribution in [1.82, 2.24) is 0 Å². The van der Waals surface area contributed by atoms with Crippen LogP contribution in [0.2, 0.25) is 0 Å². The van der Waals surface area contributed by atoms with E-state index in [1.165, 1.54) is 31.4 Å². The largest absolute Gasteiger partial charge is 0.416 e. The summed E-state index contributed by atoms with van der Waals surface area (Å²) in [6.07, 6.45) is -5.31. The third-order valence-electron chi connectivity index (χ3n) is 3.90. The van der Waals surface area contributed by atoms with Crippen molar-refractivity contribution in [3.05, 3.63) is 59.7 Å². The number of para-hydroxylation sites is 1. The molecule has 2 aromatic carbocycles. The summed E-state index contributed by atoms with van der Waals surface area (Å²) < 4.78 is 48.7. The van der Waals surface area contributed by atoms with E-state index in [-0.39, 0.29) is 23.5 Å². The van der Waals surface area contributed by atoms with Gasteiger partial charge in [0.1, 0.15) is 6.10 Å². The number of amides is 2. The van der Waals surface area contributed by atoms with Crippen LogP contribution in [0, 0.1) is 0 Å². The van der Waals surface area contributed by atoms with Crippen LogP contribution >= 0.6 is 0 Å². The van der Waals surface area contributed by atoms with Crippen LogP contribution in [0.1, 0.15) is 22.8 Å². The minimum absolute atomic E-state index is 0.0118. The molecule has 0 bridgehead atoms. The lowest BCUT2D eigenvalue weighted by atomic mass is 10.1. The number of hydrogen-bond acceptors (Lipinski definition) is 4. The second-order valence-electron chi connectivity index (χ2n) is 6.07. The van der Waals surface area contributed by atoms with Crippen LogP contribution in [-0.4, -0.2) is 38.2 Å². The molecule has 2 N–H and O–H groups in total. The fourth-order valence-electron chi connectivity index (χ4n) is 2.38. The van der Waals surface area contributed by atoms with Crippen LogP contribution in [0.4, 0.5) is 24.5 Å². The number of methoxy groups -OCH3 is 1. The summed E-state index contributed by atoms with van der Waals surface area (Å²) in [7, 11) is 1.51. The molecule has 0 radical (unpaired) electrons. The summed E-state index contributed by atoms with van der Waals surface area (Å²) in [6, 6.07) is 10.5. The minimum atomic E-state index is -4.52. The van der Waals surface area contributed by atoms with E-state index in [0.717, 1.165) is 12.1 Å². The van der Waals surface area contributed by atoms with Crippen LogP contribution in [-0.2, 0) is 20.4 Å². The lowest BCUT2D eigenvalue weighted by Gasteiger charge is -2.16. The molecular weight excluding hydrogens is 389 g/mol. The zero-order valence-corrected chi connectivity index (χ0v) is 15.9. The van der Waals surface area contributed by atoms with Crippen LogP contribution < -0.4 is 10.6 Å². The summed E-state index contributed by atoms with van der Waals surface area (Å²) in [4.78, 5) is 24.8. The Balaban J connectivity index is 2.12. The normalized spacial score (nSPS) is 12.3. The van der Waals surface area contributed by atoms with Crippen molar-refractivity contribution in [2.75, 3.05) is 31.0 Å². The van der Waals surface area contributed by atoms with Crippen LogP contribution in [0.5, 0.6) is 0 Å². The zero-order valence-electron chi connectivity index (χ0n) is 15.9. The van der Waals surface area contributed by atoms with Crippen LogP contribution in [0.15, 0.2) is 48.5 Å². The van der Waals surface area contributed by atoms with Gasteiger partial charge in [0.2, 0.25) is 0 Å². The van der Waals surface area contributed by atoms with Gasteiger partial charge in [-0.2, -0.15) is 13.2 Å². The Kier molecular flexibility index (Phi) is 7.74. The van der Waals surface area contributed by atoms with E-state index in [2.05, 4.69) is 10.6 Å². The molecule has 6 nitrogen and oxygen atoms in total. The predicted octanol–water partition coefficient (Wildman–Crippen LogP) is 3.95. The van der Waals surface area contributed by atoms with Gasteiger partial charge in [-0.25, -0.2) is 0 Å². The second kappa shape index (κ2) is 10.0. The average Bonchev–Trinajstić information content (AvgIpc) is 2.68. The van der Waals surface area contributed by atoms with Gasteiger partial charge < -0.3 is 20.1 Å². The van der Waals surface area contributed by atoms with Crippen LogP contribution in [0.25, 0.3) is 0 Å². The topological polar surface area (TPSA) is 76.7 Å². The highest BCUT2D eigenvalue weighted by Crippen LogP contribution is 2.31. The summed E-state index contributed by atoms with van der Waals surface area (Å²) in [5.74, 6) is -1.13. The first kappa shape index (κ1) is 22.4. The molecular formula is C20H21F3N2O4. The molecule has 0 aliphatic carbocycles. The van der Waals surface area contributed by atoms with Gasteiger partial charge >= 0.3 is 6.18 Å². The molecule has 0 saturated carbocycles. The molecule has 2 aromatic rings. The van der Waals surface area contributed by atoms with Gasteiger partial charge in [-0.05, 0) is 37.3 Å². The maximum Gasteiger partial charge on any atom is 0.416 e. The lowest BCUT2D eigenvalue weighted by Crippen LogP contribution is -2.29. The molecule has 0 spiro atoms. The van der Waals surface area contributed by atoms with Crippen molar-refractivity contribution < 1.29 is 32.2 Å². The number of halogens is 3. The monoisotopic (exact) mass is 410 g/mol. The maximum absolute atomic E-state index is 12.8. The minimum Gasteiger partial charge on any atom is -0.382 e. The maximum atomic E-state index is 12.8. The molecule has 9 heteroatoms. The number of anilines is 2. The summed E-state index contributed by atoms with van der Waals surface area (Å²) in [6.45, 7) is 2.10. The highest BCUT2D eigenvalue weighted by molar-refractivity contribution is 6.10.